The Hall–Kier alpha value is -1.06. The number of amides is 1. The predicted octanol–water partition coefficient (Wildman–Crippen LogP) is 2.76. The van der Waals surface area contributed by atoms with Crippen LogP contribution in [0.1, 0.15) is 60.8 Å². The van der Waals surface area contributed by atoms with Gasteiger partial charge in [0, 0.05) is 12.0 Å². The van der Waals surface area contributed by atoms with Gasteiger partial charge in [0.15, 0.2) is 0 Å². The number of likely N-dealkylation sites (tertiary alicyclic amines) is 1. The second-order valence-corrected chi connectivity index (χ2v) is 6.93. The zero-order valence-corrected chi connectivity index (χ0v) is 13.1. The highest BCUT2D eigenvalue weighted by molar-refractivity contribution is 5.88. The number of carbonyl (C=O) groups is 2. The van der Waals surface area contributed by atoms with E-state index in [4.69, 9.17) is 4.74 Å². The van der Waals surface area contributed by atoms with Crippen LogP contribution in [0.4, 0.5) is 0 Å². The number of nitrogens with zero attached hydrogens (tertiary/aromatic N) is 1. The van der Waals surface area contributed by atoms with Crippen molar-refractivity contribution in [2.45, 2.75) is 72.4 Å². The topological polar surface area (TPSA) is 46.6 Å². The molecule has 0 N–H and O–H groups in total. The fourth-order valence-electron chi connectivity index (χ4n) is 2.16. The Kier molecular flexibility index (Phi) is 4.64. The summed E-state index contributed by atoms with van der Waals surface area (Å²) in [4.78, 5) is 26.4. The van der Waals surface area contributed by atoms with Crippen molar-refractivity contribution in [2.24, 2.45) is 5.41 Å². The molecule has 0 radical (unpaired) electrons. The van der Waals surface area contributed by atoms with Gasteiger partial charge in [0.05, 0.1) is 0 Å². The molecule has 110 valence electrons. The van der Waals surface area contributed by atoms with Crippen LogP contribution in [0.3, 0.4) is 0 Å². The molecule has 4 heteroatoms. The molecule has 1 saturated heterocycles. The number of hydrogen-bond acceptors (Lipinski definition) is 3. The highest BCUT2D eigenvalue weighted by Gasteiger charge is 2.41. The van der Waals surface area contributed by atoms with Crippen LogP contribution in [0.15, 0.2) is 0 Å². The molecular weight excluding hydrogens is 242 g/mol. The SMILES string of the molecule is CCC(C)(C)C(=O)N1CCC[C@H]1C(=O)OC(C)(C)C. The standard InChI is InChI=1S/C15H27NO3/c1-7-15(5,6)13(18)16-10-8-9-11(16)12(17)19-14(2,3)4/h11H,7-10H2,1-6H3/t11-/m0/s1. The molecule has 4 nitrogen and oxygen atoms in total. The monoisotopic (exact) mass is 269 g/mol. The van der Waals surface area contributed by atoms with Gasteiger partial charge in [-0.1, -0.05) is 20.8 Å². The van der Waals surface area contributed by atoms with Gasteiger partial charge in [-0.2, -0.15) is 0 Å². The van der Waals surface area contributed by atoms with Crippen molar-refractivity contribution in [3.05, 3.63) is 0 Å². The van der Waals surface area contributed by atoms with E-state index in [0.717, 1.165) is 12.8 Å². The van der Waals surface area contributed by atoms with Crippen molar-refractivity contribution in [2.75, 3.05) is 6.54 Å². The average molecular weight is 269 g/mol. The molecule has 19 heavy (non-hydrogen) atoms. The summed E-state index contributed by atoms with van der Waals surface area (Å²) in [6, 6.07) is -0.405. The first-order valence-corrected chi connectivity index (χ1v) is 7.12. The fraction of sp³-hybridized carbons (Fsp3) is 0.867. The number of ether oxygens (including phenoxy) is 1. The highest BCUT2D eigenvalue weighted by atomic mass is 16.6. The quantitative estimate of drug-likeness (QED) is 0.740. The first kappa shape index (κ1) is 16.0. The van der Waals surface area contributed by atoms with Crippen LogP contribution in [0.25, 0.3) is 0 Å². The second-order valence-electron chi connectivity index (χ2n) is 6.93. The summed E-state index contributed by atoms with van der Waals surface area (Å²) in [6.45, 7) is 12.1. The molecule has 0 saturated carbocycles. The third-order valence-corrected chi connectivity index (χ3v) is 3.66. The van der Waals surface area contributed by atoms with Crippen molar-refractivity contribution < 1.29 is 14.3 Å². The fourth-order valence-corrected chi connectivity index (χ4v) is 2.16. The normalized spacial score (nSPS) is 20.5. The molecule has 1 aliphatic rings. The molecule has 0 unspecified atom stereocenters. The van der Waals surface area contributed by atoms with Crippen LogP contribution in [0.5, 0.6) is 0 Å². The second kappa shape index (κ2) is 5.51. The largest absolute Gasteiger partial charge is 0.458 e. The van der Waals surface area contributed by atoms with Crippen LogP contribution < -0.4 is 0 Å². The summed E-state index contributed by atoms with van der Waals surface area (Å²) < 4.78 is 5.42. The van der Waals surface area contributed by atoms with E-state index in [-0.39, 0.29) is 11.9 Å². The molecule has 1 atom stereocenters. The molecular formula is C15H27NO3. The molecule has 1 fully saturated rings. The lowest BCUT2D eigenvalue weighted by molar-refractivity contribution is -0.165. The Balaban J connectivity index is 2.80. The first-order valence-electron chi connectivity index (χ1n) is 7.12. The van der Waals surface area contributed by atoms with Crippen molar-refractivity contribution in [1.29, 1.82) is 0 Å². The Morgan fingerprint density at radius 2 is 1.79 bits per heavy atom. The van der Waals surface area contributed by atoms with E-state index in [1.807, 2.05) is 41.5 Å². The third-order valence-electron chi connectivity index (χ3n) is 3.66. The van der Waals surface area contributed by atoms with Crippen molar-refractivity contribution >= 4 is 11.9 Å². The van der Waals surface area contributed by atoms with E-state index >= 15 is 0 Å². The van der Waals surface area contributed by atoms with E-state index in [1.165, 1.54) is 0 Å². The third kappa shape index (κ3) is 3.95. The maximum atomic E-state index is 12.5. The minimum Gasteiger partial charge on any atom is -0.458 e. The molecule has 1 amide bonds. The number of hydrogen-bond donors (Lipinski definition) is 0. The van der Waals surface area contributed by atoms with E-state index in [1.54, 1.807) is 4.90 Å². The van der Waals surface area contributed by atoms with Crippen LogP contribution in [0, 0.1) is 5.41 Å². The lowest BCUT2D eigenvalue weighted by atomic mass is 9.88. The Bertz CT molecular complexity index is 355. The zero-order valence-electron chi connectivity index (χ0n) is 13.1. The predicted molar refractivity (Wildman–Crippen MR) is 74.7 cm³/mol. The van der Waals surface area contributed by atoms with E-state index in [0.29, 0.717) is 13.0 Å². The average Bonchev–Trinajstić information content (AvgIpc) is 2.74. The molecule has 0 aromatic carbocycles. The van der Waals surface area contributed by atoms with Crippen molar-refractivity contribution in [3.8, 4) is 0 Å². The van der Waals surface area contributed by atoms with Crippen molar-refractivity contribution in [1.82, 2.24) is 4.90 Å². The minimum atomic E-state index is -0.505. The molecule has 0 spiro atoms. The molecule has 1 rings (SSSR count). The summed E-state index contributed by atoms with van der Waals surface area (Å²) in [7, 11) is 0. The highest BCUT2D eigenvalue weighted by Crippen LogP contribution is 2.29. The van der Waals surface area contributed by atoms with E-state index < -0.39 is 17.1 Å². The van der Waals surface area contributed by atoms with Crippen molar-refractivity contribution in [3.63, 3.8) is 0 Å². The lowest BCUT2D eigenvalue weighted by Gasteiger charge is -2.32. The molecule has 1 aliphatic heterocycles. The van der Waals surface area contributed by atoms with Crippen LogP contribution in [0.2, 0.25) is 0 Å². The minimum absolute atomic E-state index is 0.0587. The number of carbonyl (C=O) groups excluding carboxylic acids is 2. The van der Waals surface area contributed by atoms with Crippen LogP contribution >= 0.6 is 0 Å². The maximum absolute atomic E-state index is 12.5. The molecule has 0 aromatic heterocycles. The van der Waals surface area contributed by atoms with Gasteiger partial charge in [0.25, 0.3) is 0 Å². The molecule has 0 aromatic rings. The van der Waals surface area contributed by atoms with Gasteiger partial charge in [0.2, 0.25) is 5.91 Å². The van der Waals surface area contributed by atoms with Gasteiger partial charge >= 0.3 is 5.97 Å². The Labute approximate surface area is 116 Å². The Morgan fingerprint density at radius 1 is 1.21 bits per heavy atom. The van der Waals surface area contributed by atoms with E-state index in [9.17, 15) is 9.59 Å². The van der Waals surface area contributed by atoms with Gasteiger partial charge in [0.1, 0.15) is 11.6 Å². The first-order chi connectivity index (χ1) is 8.58. The number of rotatable bonds is 3. The molecule has 1 heterocycles. The summed E-state index contributed by atoms with van der Waals surface area (Å²) in [5, 5.41) is 0. The van der Waals surface area contributed by atoms with Gasteiger partial charge in [-0.3, -0.25) is 4.79 Å². The van der Waals surface area contributed by atoms with E-state index in [2.05, 4.69) is 0 Å². The molecule has 0 aliphatic carbocycles. The summed E-state index contributed by atoms with van der Waals surface area (Å²) in [6.07, 6.45) is 2.35. The number of esters is 1. The Morgan fingerprint density at radius 3 is 2.26 bits per heavy atom. The van der Waals surface area contributed by atoms with Gasteiger partial charge < -0.3 is 9.64 Å². The smallest absolute Gasteiger partial charge is 0.329 e. The van der Waals surface area contributed by atoms with Crippen LogP contribution in [-0.2, 0) is 14.3 Å². The van der Waals surface area contributed by atoms with Crippen LogP contribution in [-0.4, -0.2) is 35.0 Å². The van der Waals surface area contributed by atoms with Gasteiger partial charge in [-0.05, 0) is 40.0 Å². The van der Waals surface area contributed by atoms with Gasteiger partial charge in [-0.15, -0.1) is 0 Å². The maximum Gasteiger partial charge on any atom is 0.329 e. The summed E-state index contributed by atoms with van der Waals surface area (Å²) >= 11 is 0. The molecule has 0 bridgehead atoms. The summed E-state index contributed by atoms with van der Waals surface area (Å²) in [5.41, 5.74) is -0.917. The zero-order chi connectivity index (χ0) is 14.8. The van der Waals surface area contributed by atoms with Gasteiger partial charge in [-0.25, -0.2) is 4.79 Å². The lowest BCUT2D eigenvalue weighted by Crippen LogP contribution is -2.48. The summed E-state index contributed by atoms with van der Waals surface area (Å²) in [5.74, 6) is -0.214.